The zero-order valence-corrected chi connectivity index (χ0v) is 12.7. The number of non-ortho nitro benzene ring substituents is 1. The van der Waals surface area contributed by atoms with E-state index < -0.39 is 0 Å². The number of hydrogen-bond donors (Lipinski definition) is 1. The third kappa shape index (κ3) is 2.91. The molecule has 8 heteroatoms. The Hall–Kier alpha value is -2.48. The van der Waals surface area contributed by atoms with Crippen molar-refractivity contribution in [3.05, 3.63) is 45.0 Å². The van der Waals surface area contributed by atoms with Crippen molar-refractivity contribution in [3.63, 3.8) is 0 Å². The Morgan fingerprint density at radius 1 is 1.55 bits per heavy atom. The first-order valence-corrected chi connectivity index (χ1v) is 7.65. The highest BCUT2D eigenvalue weighted by molar-refractivity contribution is 7.13. The van der Waals surface area contributed by atoms with Gasteiger partial charge in [-0.3, -0.25) is 14.9 Å². The molecule has 2 heterocycles. The maximum atomic E-state index is 11.0. The smallest absolute Gasteiger partial charge is 0.271 e. The molecule has 1 aromatic heterocycles. The van der Waals surface area contributed by atoms with E-state index in [0.29, 0.717) is 11.7 Å². The largest absolute Gasteiger partial charge is 0.365 e. The lowest BCUT2D eigenvalue weighted by molar-refractivity contribution is -0.384. The van der Waals surface area contributed by atoms with E-state index in [2.05, 4.69) is 15.2 Å². The number of fused-ring (bicyclic) bond motifs is 1. The van der Waals surface area contributed by atoms with Gasteiger partial charge < -0.3 is 10.2 Å². The van der Waals surface area contributed by atoms with E-state index in [1.165, 1.54) is 18.3 Å². The van der Waals surface area contributed by atoms with Gasteiger partial charge in [0.05, 0.1) is 17.2 Å². The highest BCUT2D eigenvalue weighted by Crippen LogP contribution is 2.33. The van der Waals surface area contributed by atoms with Crippen molar-refractivity contribution < 1.29 is 9.72 Å². The molecule has 0 unspecified atom stereocenters. The van der Waals surface area contributed by atoms with Crippen molar-refractivity contribution >= 4 is 33.8 Å². The second-order valence-corrected chi connectivity index (χ2v) is 5.92. The zero-order chi connectivity index (χ0) is 15.7. The molecule has 0 bridgehead atoms. The van der Waals surface area contributed by atoms with E-state index in [-0.39, 0.29) is 16.5 Å². The average molecular weight is 318 g/mol. The fourth-order valence-corrected chi connectivity index (χ4v) is 3.24. The monoisotopic (exact) mass is 318 g/mol. The van der Waals surface area contributed by atoms with Gasteiger partial charge in [0, 0.05) is 36.7 Å². The van der Waals surface area contributed by atoms with Gasteiger partial charge in [-0.25, -0.2) is 4.98 Å². The summed E-state index contributed by atoms with van der Waals surface area (Å²) in [4.78, 5) is 28.0. The van der Waals surface area contributed by atoms with Gasteiger partial charge in [0.25, 0.3) is 5.69 Å². The molecule has 0 saturated carbocycles. The first-order chi connectivity index (χ1) is 10.5. The standard InChI is InChI=1S/C14H14N4O3S/c1-9(19)15-14-16-11(8-22-14)7-17-5-4-10-2-3-12(18(20)21)6-13(10)17/h2-3,6,8H,4-5,7H2,1H3,(H,15,16,19). The number of amides is 1. The summed E-state index contributed by atoms with van der Waals surface area (Å²) >= 11 is 1.37. The van der Waals surface area contributed by atoms with Crippen LogP contribution < -0.4 is 10.2 Å². The van der Waals surface area contributed by atoms with Gasteiger partial charge in [-0.05, 0) is 12.0 Å². The van der Waals surface area contributed by atoms with Gasteiger partial charge >= 0.3 is 0 Å². The molecule has 0 atom stereocenters. The lowest BCUT2D eigenvalue weighted by Gasteiger charge is -2.17. The lowest BCUT2D eigenvalue weighted by atomic mass is 10.1. The molecule has 0 radical (unpaired) electrons. The lowest BCUT2D eigenvalue weighted by Crippen LogP contribution is -2.20. The zero-order valence-electron chi connectivity index (χ0n) is 11.9. The van der Waals surface area contributed by atoms with Crippen LogP contribution in [-0.4, -0.2) is 22.4 Å². The maximum absolute atomic E-state index is 11.0. The minimum absolute atomic E-state index is 0.0999. The summed E-state index contributed by atoms with van der Waals surface area (Å²) in [5, 5.41) is 16.0. The Kier molecular flexibility index (Phi) is 3.76. The van der Waals surface area contributed by atoms with Crippen molar-refractivity contribution in [2.75, 3.05) is 16.8 Å². The van der Waals surface area contributed by atoms with E-state index >= 15 is 0 Å². The molecule has 1 amide bonds. The Bertz CT molecular complexity index is 743. The molecule has 22 heavy (non-hydrogen) atoms. The van der Waals surface area contributed by atoms with Crippen LogP contribution in [0.2, 0.25) is 0 Å². The van der Waals surface area contributed by atoms with E-state index in [1.807, 2.05) is 11.4 Å². The summed E-state index contributed by atoms with van der Waals surface area (Å²) in [6.07, 6.45) is 0.871. The maximum Gasteiger partial charge on any atom is 0.271 e. The normalized spacial score (nSPS) is 13.0. The van der Waals surface area contributed by atoms with E-state index in [0.717, 1.165) is 29.9 Å². The van der Waals surface area contributed by atoms with Crippen LogP contribution in [0.5, 0.6) is 0 Å². The van der Waals surface area contributed by atoms with Crippen molar-refractivity contribution in [3.8, 4) is 0 Å². The van der Waals surface area contributed by atoms with E-state index in [1.54, 1.807) is 12.1 Å². The van der Waals surface area contributed by atoms with Crippen LogP contribution in [-0.2, 0) is 17.8 Å². The summed E-state index contributed by atoms with van der Waals surface area (Å²) in [7, 11) is 0. The van der Waals surface area contributed by atoms with Crippen molar-refractivity contribution in [1.82, 2.24) is 4.98 Å². The number of anilines is 2. The predicted octanol–water partition coefficient (Wildman–Crippen LogP) is 2.57. The van der Waals surface area contributed by atoms with Crippen LogP contribution in [0.15, 0.2) is 23.6 Å². The summed E-state index contributed by atoms with van der Waals surface area (Å²) < 4.78 is 0. The summed E-state index contributed by atoms with van der Waals surface area (Å²) in [5.74, 6) is -0.150. The van der Waals surface area contributed by atoms with Gasteiger partial charge in [-0.1, -0.05) is 6.07 Å². The van der Waals surface area contributed by atoms with Crippen LogP contribution in [0.4, 0.5) is 16.5 Å². The molecule has 0 aliphatic carbocycles. The third-order valence-corrected chi connectivity index (χ3v) is 4.27. The molecule has 1 aliphatic rings. The molecule has 2 aromatic rings. The van der Waals surface area contributed by atoms with Gasteiger partial charge in [0.1, 0.15) is 0 Å². The highest BCUT2D eigenvalue weighted by Gasteiger charge is 2.22. The van der Waals surface area contributed by atoms with E-state index in [4.69, 9.17) is 0 Å². The molecule has 3 rings (SSSR count). The number of rotatable bonds is 4. The minimum atomic E-state index is -0.380. The van der Waals surface area contributed by atoms with Crippen LogP contribution in [0.1, 0.15) is 18.2 Å². The third-order valence-electron chi connectivity index (χ3n) is 3.46. The molecule has 1 aromatic carbocycles. The highest BCUT2D eigenvalue weighted by atomic mass is 32.1. The number of thiazole rings is 1. The van der Waals surface area contributed by atoms with Crippen LogP contribution in [0, 0.1) is 10.1 Å². The fourth-order valence-electron chi connectivity index (χ4n) is 2.49. The fraction of sp³-hybridized carbons (Fsp3) is 0.286. The minimum Gasteiger partial charge on any atom is -0.365 e. The van der Waals surface area contributed by atoms with Gasteiger partial charge in [-0.2, -0.15) is 0 Å². The van der Waals surface area contributed by atoms with E-state index in [9.17, 15) is 14.9 Å². The van der Waals surface area contributed by atoms with Gasteiger partial charge in [-0.15, -0.1) is 11.3 Å². The van der Waals surface area contributed by atoms with Gasteiger partial charge in [0.15, 0.2) is 5.13 Å². The Morgan fingerprint density at radius 3 is 3.09 bits per heavy atom. The molecule has 7 nitrogen and oxygen atoms in total. The number of benzene rings is 1. The van der Waals surface area contributed by atoms with Crippen molar-refractivity contribution in [2.24, 2.45) is 0 Å². The number of nitrogens with one attached hydrogen (secondary N) is 1. The molecular weight excluding hydrogens is 304 g/mol. The number of hydrogen-bond acceptors (Lipinski definition) is 6. The molecule has 0 saturated heterocycles. The Balaban J connectivity index is 1.78. The average Bonchev–Trinajstić information content (AvgIpc) is 3.06. The number of nitro groups is 1. The predicted molar refractivity (Wildman–Crippen MR) is 84.3 cm³/mol. The molecule has 0 spiro atoms. The van der Waals surface area contributed by atoms with Crippen molar-refractivity contribution in [1.29, 1.82) is 0 Å². The first-order valence-electron chi connectivity index (χ1n) is 6.77. The molecular formula is C14H14N4O3S. The number of aromatic nitrogens is 1. The number of nitro benzene ring substituents is 1. The second-order valence-electron chi connectivity index (χ2n) is 5.07. The summed E-state index contributed by atoms with van der Waals surface area (Å²) in [6.45, 7) is 2.82. The topological polar surface area (TPSA) is 88.4 Å². The van der Waals surface area contributed by atoms with Crippen molar-refractivity contribution in [2.45, 2.75) is 19.9 Å². The molecule has 0 fully saturated rings. The van der Waals surface area contributed by atoms with Crippen LogP contribution >= 0.6 is 11.3 Å². The van der Waals surface area contributed by atoms with Crippen LogP contribution in [0.25, 0.3) is 0 Å². The summed E-state index contributed by atoms with van der Waals surface area (Å²) in [6, 6.07) is 4.97. The second kappa shape index (κ2) is 5.72. The quantitative estimate of drug-likeness (QED) is 0.691. The molecule has 1 N–H and O–H groups in total. The molecule has 114 valence electrons. The first kappa shape index (κ1) is 14.5. The number of carbonyl (C=O) groups excluding carboxylic acids is 1. The number of nitrogens with zero attached hydrogens (tertiary/aromatic N) is 3. The Labute approximate surface area is 130 Å². The summed E-state index contributed by atoms with van der Waals surface area (Å²) in [5.41, 5.74) is 2.95. The molecule has 1 aliphatic heterocycles. The number of carbonyl (C=O) groups is 1. The van der Waals surface area contributed by atoms with Crippen LogP contribution in [0.3, 0.4) is 0 Å². The Morgan fingerprint density at radius 2 is 2.36 bits per heavy atom. The SMILES string of the molecule is CC(=O)Nc1nc(CN2CCc3ccc([N+](=O)[O-])cc32)cs1. The van der Waals surface area contributed by atoms with Gasteiger partial charge in [0.2, 0.25) is 5.91 Å².